The van der Waals surface area contributed by atoms with E-state index >= 15 is 0 Å². The molecule has 0 N–H and O–H groups in total. The van der Waals surface area contributed by atoms with Crippen LogP contribution in [0.1, 0.15) is 28.4 Å². The standard InChI is InChI=1S/C24H27N3O2/c1-4-25-11-13-26(14-12-25)23(28)22-16-27(19-10-9-17(2)18(3)15-19)24(29)21-8-6-5-7-20(21)22/h5-10,15-16H,4,11-14H2,1-3H3. The molecule has 0 radical (unpaired) electrons. The largest absolute Gasteiger partial charge is 0.336 e. The number of fused-ring (bicyclic) bond motifs is 1. The summed E-state index contributed by atoms with van der Waals surface area (Å²) in [5.74, 6) is -0.00506. The Balaban J connectivity index is 1.83. The fourth-order valence-electron chi connectivity index (χ4n) is 3.97. The average Bonchev–Trinajstić information content (AvgIpc) is 2.76. The molecule has 1 aliphatic heterocycles. The zero-order chi connectivity index (χ0) is 20.5. The first-order valence-corrected chi connectivity index (χ1v) is 10.2. The van der Waals surface area contributed by atoms with Crippen LogP contribution in [0.5, 0.6) is 0 Å². The topological polar surface area (TPSA) is 45.5 Å². The van der Waals surface area contributed by atoms with Gasteiger partial charge in [0.2, 0.25) is 0 Å². The van der Waals surface area contributed by atoms with Crippen LogP contribution in [0.25, 0.3) is 16.5 Å². The van der Waals surface area contributed by atoms with Crippen LogP contribution in [0.15, 0.2) is 53.5 Å². The highest BCUT2D eigenvalue weighted by molar-refractivity contribution is 6.06. The summed E-state index contributed by atoms with van der Waals surface area (Å²) in [6, 6.07) is 13.4. The highest BCUT2D eigenvalue weighted by Crippen LogP contribution is 2.21. The SMILES string of the molecule is CCN1CCN(C(=O)c2cn(-c3ccc(C)c(C)c3)c(=O)c3ccccc23)CC1. The molecule has 1 aliphatic rings. The van der Waals surface area contributed by atoms with Crippen LogP contribution in [-0.2, 0) is 0 Å². The molecule has 2 aromatic carbocycles. The Bertz CT molecular complexity index is 1120. The summed E-state index contributed by atoms with van der Waals surface area (Å²) in [7, 11) is 0. The molecule has 29 heavy (non-hydrogen) atoms. The van der Waals surface area contributed by atoms with Crippen molar-refractivity contribution in [1.29, 1.82) is 0 Å². The van der Waals surface area contributed by atoms with E-state index in [1.54, 1.807) is 16.8 Å². The van der Waals surface area contributed by atoms with Gasteiger partial charge >= 0.3 is 0 Å². The molecule has 5 heteroatoms. The summed E-state index contributed by atoms with van der Waals surface area (Å²) in [6.07, 6.45) is 1.73. The van der Waals surface area contributed by atoms with Gasteiger partial charge in [0.05, 0.1) is 5.56 Å². The summed E-state index contributed by atoms with van der Waals surface area (Å²) in [4.78, 5) is 30.9. The summed E-state index contributed by atoms with van der Waals surface area (Å²) in [6.45, 7) is 10.4. The molecule has 1 amide bonds. The van der Waals surface area contributed by atoms with Gasteiger partial charge in [-0.15, -0.1) is 0 Å². The number of benzene rings is 2. The normalized spacial score (nSPS) is 15.1. The molecule has 1 saturated heterocycles. The van der Waals surface area contributed by atoms with Gasteiger partial charge in [0.1, 0.15) is 0 Å². The van der Waals surface area contributed by atoms with Crippen molar-refractivity contribution in [2.24, 2.45) is 0 Å². The number of piperazine rings is 1. The number of hydrogen-bond acceptors (Lipinski definition) is 3. The zero-order valence-corrected chi connectivity index (χ0v) is 17.3. The molecule has 0 saturated carbocycles. The van der Waals surface area contributed by atoms with Gasteiger partial charge in [0.15, 0.2) is 0 Å². The van der Waals surface area contributed by atoms with E-state index in [-0.39, 0.29) is 11.5 Å². The number of nitrogens with zero attached hydrogens (tertiary/aromatic N) is 3. The third-order valence-corrected chi connectivity index (χ3v) is 6.03. The van der Waals surface area contributed by atoms with Gasteiger partial charge in [-0.25, -0.2) is 0 Å². The number of amides is 1. The molecule has 2 heterocycles. The Labute approximate surface area is 171 Å². The number of carbonyl (C=O) groups excluding carboxylic acids is 1. The molecule has 4 rings (SSSR count). The van der Waals surface area contributed by atoms with Crippen LogP contribution in [0.4, 0.5) is 0 Å². The lowest BCUT2D eigenvalue weighted by atomic mass is 10.0. The number of hydrogen-bond donors (Lipinski definition) is 0. The smallest absolute Gasteiger partial charge is 0.262 e. The second-order valence-corrected chi connectivity index (χ2v) is 7.76. The molecule has 3 aromatic rings. The number of carbonyl (C=O) groups is 1. The van der Waals surface area contributed by atoms with E-state index in [9.17, 15) is 9.59 Å². The van der Waals surface area contributed by atoms with Crippen molar-refractivity contribution in [3.05, 3.63) is 75.7 Å². The molecule has 0 unspecified atom stereocenters. The molecule has 0 bridgehead atoms. The maximum absolute atomic E-state index is 13.4. The summed E-state index contributed by atoms with van der Waals surface area (Å²) >= 11 is 0. The Morgan fingerprint density at radius 1 is 0.931 bits per heavy atom. The van der Waals surface area contributed by atoms with Crippen molar-refractivity contribution in [3.63, 3.8) is 0 Å². The van der Waals surface area contributed by atoms with Crippen LogP contribution >= 0.6 is 0 Å². The Morgan fingerprint density at radius 2 is 1.62 bits per heavy atom. The Kier molecular flexibility index (Phi) is 5.24. The van der Waals surface area contributed by atoms with E-state index in [1.807, 2.05) is 55.1 Å². The molecule has 5 nitrogen and oxygen atoms in total. The molecule has 0 aliphatic carbocycles. The van der Waals surface area contributed by atoms with Gasteiger partial charge in [0.25, 0.3) is 11.5 Å². The fraction of sp³-hybridized carbons (Fsp3) is 0.333. The van der Waals surface area contributed by atoms with Crippen LogP contribution < -0.4 is 5.56 Å². The maximum Gasteiger partial charge on any atom is 0.262 e. The van der Waals surface area contributed by atoms with Crippen molar-refractivity contribution in [2.45, 2.75) is 20.8 Å². The lowest BCUT2D eigenvalue weighted by Gasteiger charge is -2.34. The summed E-state index contributed by atoms with van der Waals surface area (Å²) in [5.41, 5.74) is 3.56. The quantitative estimate of drug-likeness (QED) is 0.690. The van der Waals surface area contributed by atoms with Gasteiger partial charge in [-0.1, -0.05) is 31.2 Å². The molecule has 1 fully saturated rings. The van der Waals surface area contributed by atoms with Crippen molar-refractivity contribution >= 4 is 16.7 Å². The number of aromatic nitrogens is 1. The van der Waals surface area contributed by atoms with Gasteiger partial charge in [-0.2, -0.15) is 0 Å². The second kappa shape index (κ2) is 7.84. The van der Waals surface area contributed by atoms with E-state index in [4.69, 9.17) is 0 Å². The Hall–Kier alpha value is -2.92. The predicted molar refractivity (Wildman–Crippen MR) is 117 cm³/mol. The van der Waals surface area contributed by atoms with Gasteiger partial charge in [0, 0.05) is 48.8 Å². The number of pyridine rings is 1. The van der Waals surface area contributed by atoms with Crippen molar-refractivity contribution in [3.8, 4) is 5.69 Å². The zero-order valence-electron chi connectivity index (χ0n) is 17.3. The van der Waals surface area contributed by atoms with E-state index in [2.05, 4.69) is 11.8 Å². The van der Waals surface area contributed by atoms with E-state index in [0.29, 0.717) is 24.0 Å². The van der Waals surface area contributed by atoms with Crippen LogP contribution in [0.3, 0.4) is 0 Å². The minimum atomic E-state index is -0.101. The van der Waals surface area contributed by atoms with Gasteiger partial charge in [-0.05, 0) is 49.7 Å². The van der Waals surface area contributed by atoms with Crippen LogP contribution in [0.2, 0.25) is 0 Å². The highest BCUT2D eigenvalue weighted by atomic mass is 16.2. The first kappa shape index (κ1) is 19.4. The average molecular weight is 389 g/mol. The minimum Gasteiger partial charge on any atom is -0.336 e. The van der Waals surface area contributed by atoms with E-state index in [0.717, 1.165) is 36.3 Å². The van der Waals surface area contributed by atoms with E-state index in [1.165, 1.54) is 5.56 Å². The van der Waals surface area contributed by atoms with E-state index < -0.39 is 0 Å². The lowest BCUT2D eigenvalue weighted by molar-refractivity contribution is 0.0644. The maximum atomic E-state index is 13.4. The van der Waals surface area contributed by atoms with Gasteiger partial charge < -0.3 is 9.80 Å². The first-order valence-electron chi connectivity index (χ1n) is 10.2. The fourth-order valence-corrected chi connectivity index (χ4v) is 3.97. The highest BCUT2D eigenvalue weighted by Gasteiger charge is 2.24. The molecule has 150 valence electrons. The molecule has 0 spiro atoms. The summed E-state index contributed by atoms with van der Waals surface area (Å²) < 4.78 is 1.62. The van der Waals surface area contributed by atoms with Crippen molar-refractivity contribution < 1.29 is 4.79 Å². The number of likely N-dealkylation sites (N-methyl/N-ethyl adjacent to an activating group) is 1. The minimum absolute atomic E-state index is 0.00506. The monoisotopic (exact) mass is 389 g/mol. The predicted octanol–water partition coefficient (Wildman–Crippen LogP) is 3.39. The number of aryl methyl sites for hydroxylation is 2. The third kappa shape index (κ3) is 3.58. The second-order valence-electron chi connectivity index (χ2n) is 7.76. The van der Waals surface area contributed by atoms with Gasteiger partial charge in [-0.3, -0.25) is 14.2 Å². The first-order chi connectivity index (χ1) is 14.0. The third-order valence-electron chi connectivity index (χ3n) is 6.03. The molecule has 0 atom stereocenters. The van der Waals surface area contributed by atoms with Crippen molar-refractivity contribution in [1.82, 2.24) is 14.4 Å². The van der Waals surface area contributed by atoms with Crippen LogP contribution in [-0.4, -0.2) is 53.0 Å². The van der Waals surface area contributed by atoms with Crippen LogP contribution in [0, 0.1) is 13.8 Å². The number of rotatable bonds is 3. The van der Waals surface area contributed by atoms with Crippen molar-refractivity contribution in [2.75, 3.05) is 32.7 Å². The summed E-state index contributed by atoms with van der Waals surface area (Å²) in [5, 5.41) is 1.30. The molecular formula is C24H27N3O2. The lowest BCUT2D eigenvalue weighted by Crippen LogP contribution is -2.48. The molecule has 1 aromatic heterocycles. The molecular weight excluding hydrogens is 362 g/mol. The Morgan fingerprint density at radius 3 is 2.28 bits per heavy atom.